The molecule has 0 atom stereocenters. The van der Waals surface area contributed by atoms with Crippen molar-refractivity contribution in [2.75, 3.05) is 6.54 Å². The zero-order valence-corrected chi connectivity index (χ0v) is 6.81. The fourth-order valence-corrected chi connectivity index (χ4v) is 0.854. The first-order chi connectivity index (χ1) is 4.70. The van der Waals surface area contributed by atoms with Gasteiger partial charge in [0, 0.05) is 17.6 Å². The highest BCUT2D eigenvalue weighted by atomic mass is 15.0. The average molecular weight is 138 g/mol. The van der Waals surface area contributed by atoms with Crippen molar-refractivity contribution in [2.24, 2.45) is 10.9 Å². The molecule has 1 aliphatic rings. The van der Waals surface area contributed by atoms with Crippen LogP contribution in [0, 0.1) is 5.92 Å². The Labute approximate surface area is 62.0 Å². The Morgan fingerprint density at radius 2 is 2.30 bits per heavy atom. The van der Waals surface area contributed by atoms with Crippen LogP contribution < -0.4 is 5.32 Å². The average Bonchev–Trinajstić information content (AvgIpc) is 1.88. The molecule has 56 valence electrons. The van der Waals surface area contributed by atoms with Crippen LogP contribution in [0.4, 0.5) is 0 Å². The molecule has 0 aromatic carbocycles. The standard InChI is InChI=1S/C8H14N2/c1-6(2)8-5-9-7(3)4-10-8/h5-6,10H,4H2,1-3H3. The smallest absolute Gasteiger partial charge is 0.0528 e. The van der Waals surface area contributed by atoms with Gasteiger partial charge < -0.3 is 5.32 Å². The molecular weight excluding hydrogens is 124 g/mol. The molecule has 0 amide bonds. The normalized spacial score (nSPS) is 18.0. The van der Waals surface area contributed by atoms with Gasteiger partial charge in [-0.25, -0.2) is 0 Å². The number of aliphatic imine (C=N–C) groups is 1. The van der Waals surface area contributed by atoms with Crippen LogP contribution in [-0.2, 0) is 0 Å². The van der Waals surface area contributed by atoms with E-state index in [9.17, 15) is 0 Å². The highest BCUT2D eigenvalue weighted by molar-refractivity contribution is 5.85. The van der Waals surface area contributed by atoms with Gasteiger partial charge in [-0.2, -0.15) is 0 Å². The van der Waals surface area contributed by atoms with Crippen LogP contribution in [-0.4, -0.2) is 12.3 Å². The third-order valence-electron chi connectivity index (χ3n) is 1.59. The molecule has 10 heavy (non-hydrogen) atoms. The largest absolute Gasteiger partial charge is 0.382 e. The maximum Gasteiger partial charge on any atom is 0.0528 e. The van der Waals surface area contributed by atoms with E-state index in [0.717, 1.165) is 12.3 Å². The predicted octanol–water partition coefficient (Wildman–Crippen LogP) is 1.55. The van der Waals surface area contributed by atoms with Crippen LogP contribution in [0.25, 0.3) is 0 Å². The molecule has 0 fully saturated rings. The van der Waals surface area contributed by atoms with E-state index < -0.39 is 0 Å². The molecule has 1 heterocycles. The minimum Gasteiger partial charge on any atom is -0.382 e. The van der Waals surface area contributed by atoms with Crippen LogP contribution >= 0.6 is 0 Å². The van der Waals surface area contributed by atoms with Gasteiger partial charge in [0.2, 0.25) is 0 Å². The third kappa shape index (κ3) is 1.59. The van der Waals surface area contributed by atoms with Crippen molar-refractivity contribution in [3.8, 4) is 0 Å². The summed E-state index contributed by atoms with van der Waals surface area (Å²) in [6, 6.07) is 0. The van der Waals surface area contributed by atoms with Crippen molar-refractivity contribution in [1.29, 1.82) is 0 Å². The lowest BCUT2D eigenvalue weighted by molar-refractivity contribution is 0.675. The van der Waals surface area contributed by atoms with Gasteiger partial charge in [-0.05, 0) is 12.8 Å². The second kappa shape index (κ2) is 2.86. The van der Waals surface area contributed by atoms with Crippen LogP contribution in [0.3, 0.4) is 0 Å². The van der Waals surface area contributed by atoms with Gasteiger partial charge in [0.1, 0.15) is 0 Å². The van der Waals surface area contributed by atoms with Crippen molar-refractivity contribution in [3.05, 3.63) is 11.9 Å². The maximum atomic E-state index is 4.22. The molecule has 0 radical (unpaired) electrons. The fraction of sp³-hybridized carbons (Fsp3) is 0.625. The molecule has 0 unspecified atom stereocenters. The van der Waals surface area contributed by atoms with E-state index in [1.807, 2.05) is 13.1 Å². The Morgan fingerprint density at radius 1 is 1.60 bits per heavy atom. The van der Waals surface area contributed by atoms with Crippen LogP contribution in [0.1, 0.15) is 20.8 Å². The number of nitrogens with zero attached hydrogens (tertiary/aromatic N) is 1. The summed E-state index contributed by atoms with van der Waals surface area (Å²) in [6.45, 7) is 7.26. The van der Waals surface area contributed by atoms with Gasteiger partial charge in [0.05, 0.1) is 6.54 Å². The number of rotatable bonds is 1. The van der Waals surface area contributed by atoms with E-state index in [4.69, 9.17) is 0 Å². The Kier molecular flexibility index (Phi) is 2.10. The van der Waals surface area contributed by atoms with E-state index in [1.54, 1.807) is 0 Å². The topological polar surface area (TPSA) is 24.4 Å². The molecule has 2 nitrogen and oxygen atoms in total. The quantitative estimate of drug-likeness (QED) is 0.584. The highest BCUT2D eigenvalue weighted by Gasteiger charge is 2.05. The molecule has 0 bridgehead atoms. The first kappa shape index (κ1) is 7.32. The minimum absolute atomic E-state index is 0.567. The summed E-state index contributed by atoms with van der Waals surface area (Å²) in [5.41, 5.74) is 2.40. The van der Waals surface area contributed by atoms with Crippen molar-refractivity contribution in [1.82, 2.24) is 5.32 Å². The summed E-state index contributed by atoms with van der Waals surface area (Å²) in [6.07, 6.45) is 1.92. The zero-order valence-electron chi connectivity index (χ0n) is 6.81. The molecule has 2 heteroatoms. The molecule has 1 rings (SSSR count). The highest BCUT2D eigenvalue weighted by Crippen LogP contribution is 2.07. The molecular formula is C8H14N2. The summed E-state index contributed by atoms with van der Waals surface area (Å²) in [5.74, 6) is 0.567. The third-order valence-corrected chi connectivity index (χ3v) is 1.59. The molecule has 1 N–H and O–H groups in total. The van der Waals surface area contributed by atoms with Crippen molar-refractivity contribution in [3.63, 3.8) is 0 Å². The number of nitrogens with one attached hydrogen (secondary N) is 1. The van der Waals surface area contributed by atoms with Crippen molar-refractivity contribution >= 4 is 5.71 Å². The Bertz CT molecular complexity index is 178. The number of hydrogen-bond acceptors (Lipinski definition) is 2. The van der Waals surface area contributed by atoms with Gasteiger partial charge in [0.25, 0.3) is 0 Å². The Hall–Kier alpha value is -0.790. The van der Waals surface area contributed by atoms with E-state index in [1.165, 1.54) is 5.70 Å². The predicted molar refractivity (Wildman–Crippen MR) is 44.0 cm³/mol. The summed E-state index contributed by atoms with van der Waals surface area (Å²) >= 11 is 0. The van der Waals surface area contributed by atoms with E-state index in [2.05, 4.69) is 24.2 Å². The Morgan fingerprint density at radius 3 is 2.70 bits per heavy atom. The van der Waals surface area contributed by atoms with E-state index in [-0.39, 0.29) is 0 Å². The van der Waals surface area contributed by atoms with Gasteiger partial charge in [-0.1, -0.05) is 13.8 Å². The number of allylic oxidation sites excluding steroid dienone is 1. The maximum absolute atomic E-state index is 4.22. The van der Waals surface area contributed by atoms with Crippen molar-refractivity contribution in [2.45, 2.75) is 20.8 Å². The molecule has 0 spiro atoms. The first-order valence-electron chi connectivity index (χ1n) is 3.67. The Balaban J connectivity index is 2.64. The lowest BCUT2D eigenvalue weighted by atomic mass is 10.1. The van der Waals surface area contributed by atoms with Gasteiger partial charge in [-0.3, -0.25) is 4.99 Å². The van der Waals surface area contributed by atoms with Gasteiger partial charge in [-0.15, -0.1) is 0 Å². The minimum atomic E-state index is 0.567. The second-order valence-corrected chi connectivity index (χ2v) is 2.96. The molecule has 1 aliphatic heterocycles. The zero-order chi connectivity index (χ0) is 7.56. The SMILES string of the molecule is CC1=NC=C(C(C)C)NC1. The lowest BCUT2D eigenvalue weighted by Gasteiger charge is -2.16. The van der Waals surface area contributed by atoms with E-state index in [0.29, 0.717) is 5.92 Å². The lowest BCUT2D eigenvalue weighted by Crippen LogP contribution is -2.26. The molecule has 0 saturated carbocycles. The molecule has 0 aromatic rings. The van der Waals surface area contributed by atoms with Crippen LogP contribution in [0.15, 0.2) is 16.9 Å². The van der Waals surface area contributed by atoms with Gasteiger partial charge in [0.15, 0.2) is 0 Å². The summed E-state index contributed by atoms with van der Waals surface area (Å²) < 4.78 is 0. The molecule has 0 aromatic heterocycles. The molecule has 0 saturated heterocycles. The van der Waals surface area contributed by atoms with Crippen LogP contribution in [0.5, 0.6) is 0 Å². The summed E-state index contributed by atoms with van der Waals surface area (Å²) in [5, 5.41) is 3.30. The fourth-order valence-electron chi connectivity index (χ4n) is 0.854. The van der Waals surface area contributed by atoms with Crippen molar-refractivity contribution < 1.29 is 0 Å². The molecule has 0 aliphatic carbocycles. The summed E-state index contributed by atoms with van der Waals surface area (Å²) in [4.78, 5) is 4.22. The first-order valence-corrected chi connectivity index (χ1v) is 3.67. The van der Waals surface area contributed by atoms with Crippen LogP contribution in [0.2, 0.25) is 0 Å². The second-order valence-electron chi connectivity index (χ2n) is 2.96. The van der Waals surface area contributed by atoms with Gasteiger partial charge >= 0.3 is 0 Å². The monoisotopic (exact) mass is 138 g/mol. The van der Waals surface area contributed by atoms with E-state index >= 15 is 0 Å². The summed E-state index contributed by atoms with van der Waals surface area (Å²) in [7, 11) is 0. The number of hydrogen-bond donors (Lipinski definition) is 1.